The van der Waals surface area contributed by atoms with Crippen molar-refractivity contribution in [2.75, 3.05) is 19.8 Å². The van der Waals surface area contributed by atoms with Crippen LogP contribution in [0.15, 0.2) is 24.3 Å². The van der Waals surface area contributed by atoms with E-state index in [1.54, 1.807) is 0 Å². The van der Waals surface area contributed by atoms with Gasteiger partial charge in [-0.3, -0.25) is 0 Å². The van der Waals surface area contributed by atoms with Crippen LogP contribution < -0.4 is 10.1 Å². The van der Waals surface area contributed by atoms with Crippen molar-refractivity contribution in [3.63, 3.8) is 0 Å². The monoisotopic (exact) mass is 290 g/mol. The van der Waals surface area contributed by atoms with E-state index in [1.807, 2.05) is 17.0 Å². The van der Waals surface area contributed by atoms with Crippen molar-refractivity contribution in [1.82, 2.24) is 10.2 Å². The number of nitrogens with zero attached hydrogens (tertiary/aromatic N) is 1. The average Bonchev–Trinajstić information content (AvgIpc) is 2.50. The maximum absolute atomic E-state index is 12.0. The highest BCUT2D eigenvalue weighted by atomic mass is 16.5. The number of hydrogen-bond acceptors (Lipinski definition) is 2. The first kappa shape index (κ1) is 15.7. The molecule has 1 aliphatic heterocycles. The molecule has 1 heterocycles. The molecule has 2 rings (SSSR count). The molecule has 0 aromatic heterocycles. The Morgan fingerprint density at radius 2 is 1.95 bits per heavy atom. The lowest BCUT2D eigenvalue weighted by Crippen LogP contribution is -2.45. The van der Waals surface area contributed by atoms with Crippen LogP contribution in [0.2, 0.25) is 0 Å². The highest BCUT2D eigenvalue weighted by Gasteiger charge is 2.19. The molecule has 4 nitrogen and oxygen atoms in total. The average molecular weight is 290 g/mol. The van der Waals surface area contributed by atoms with Gasteiger partial charge in [-0.05, 0) is 42.9 Å². The maximum atomic E-state index is 12.0. The van der Waals surface area contributed by atoms with Gasteiger partial charge in [0.15, 0.2) is 6.73 Å². The van der Waals surface area contributed by atoms with Crippen molar-refractivity contribution in [2.45, 2.75) is 39.5 Å². The Morgan fingerprint density at radius 1 is 1.29 bits per heavy atom. The van der Waals surface area contributed by atoms with Gasteiger partial charge in [-0.1, -0.05) is 32.4 Å². The van der Waals surface area contributed by atoms with Crippen LogP contribution in [0.25, 0.3) is 0 Å². The molecule has 0 aliphatic carbocycles. The fourth-order valence-electron chi connectivity index (χ4n) is 2.55. The van der Waals surface area contributed by atoms with Crippen LogP contribution in [0.4, 0.5) is 4.79 Å². The molecule has 1 aromatic carbocycles. The highest BCUT2D eigenvalue weighted by molar-refractivity contribution is 5.74. The Hall–Kier alpha value is -1.71. The topological polar surface area (TPSA) is 41.6 Å². The lowest BCUT2D eigenvalue weighted by Gasteiger charge is -2.30. The lowest BCUT2D eigenvalue weighted by atomic mass is 10.00. The minimum absolute atomic E-state index is 0.0236. The summed E-state index contributed by atoms with van der Waals surface area (Å²) in [4.78, 5) is 13.8. The second-order valence-electron chi connectivity index (χ2n) is 5.83. The molecule has 21 heavy (non-hydrogen) atoms. The van der Waals surface area contributed by atoms with Gasteiger partial charge in [0.2, 0.25) is 0 Å². The standard InChI is InChI=1S/C17H26N2O2/c1-3-4-15-5-7-16(8-6-15)21-13-18-17(20)19-11-9-14(2)10-12-19/h5-8,14H,3-4,9-13H2,1-2H3,(H,18,20). The van der Waals surface area contributed by atoms with E-state index in [9.17, 15) is 4.79 Å². The zero-order valence-corrected chi connectivity index (χ0v) is 13.1. The zero-order chi connectivity index (χ0) is 15.1. The van der Waals surface area contributed by atoms with Gasteiger partial charge in [0.05, 0.1) is 0 Å². The largest absolute Gasteiger partial charge is 0.473 e. The summed E-state index contributed by atoms with van der Waals surface area (Å²) in [6.07, 6.45) is 4.41. The molecule has 1 aliphatic rings. The number of likely N-dealkylation sites (tertiary alicyclic amines) is 1. The van der Waals surface area contributed by atoms with Gasteiger partial charge in [0.25, 0.3) is 0 Å². The van der Waals surface area contributed by atoms with Crippen LogP contribution in [0, 0.1) is 5.92 Å². The molecule has 0 bridgehead atoms. The van der Waals surface area contributed by atoms with Crippen LogP contribution in [0.1, 0.15) is 38.7 Å². The van der Waals surface area contributed by atoms with Crippen molar-refractivity contribution in [3.8, 4) is 5.75 Å². The van der Waals surface area contributed by atoms with Crippen molar-refractivity contribution in [3.05, 3.63) is 29.8 Å². The summed E-state index contributed by atoms with van der Waals surface area (Å²) < 4.78 is 5.56. The third kappa shape index (κ3) is 4.96. The summed E-state index contributed by atoms with van der Waals surface area (Å²) in [5.41, 5.74) is 1.32. The van der Waals surface area contributed by atoms with Crippen LogP contribution in [0.3, 0.4) is 0 Å². The summed E-state index contributed by atoms with van der Waals surface area (Å²) >= 11 is 0. The number of piperidine rings is 1. The van der Waals surface area contributed by atoms with Gasteiger partial charge in [-0.15, -0.1) is 0 Å². The molecule has 2 amide bonds. The van der Waals surface area contributed by atoms with E-state index < -0.39 is 0 Å². The summed E-state index contributed by atoms with van der Waals surface area (Å²) in [5.74, 6) is 1.52. The van der Waals surface area contributed by atoms with Crippen LogP contribution >= 0.6 is 0 Å². The van der Waals surface area contributed by atoms with E-state index in [4.69, 9.17) is 4.74 Å². The molecule has 1 fully saturated rings. The number of hydrogen-bond donors (Lipinski definition) is 1. The second-order valence-corrected chi connectivity index (χ2v) is 5.83. The zero-order valence-electron chi connectivity index (χ0n) is 13.1. The first-order valence-electron chi connectivity index (χ1n) is 7.93. The van der Waals surface area contributed by atoms with Crippen LogP contribution in [0.5, 0.6) is 5.75 Å². The van der Waals surface area contributed by atoms with Gasteiger partial charge in [-0.2, -0.15) is 0 Å². The Morgan fingerprint density at radius 3 is 2.57 bits per heavy atom. The van der Waals surface area contributed by atoms with E-state index in [0.717, 1.165) is 50.4 Å². The molecule has 0 radical (unpaired) electrons. The molecule has 1 N–H and O–H groups in total. The molecule has 0 unspecified atom stereocenters. The fourth-order valence-corrected chi connectivity index (χ4v) is 2.55. The van der Waals surface area contributed by atoms with Crippen LogP contribution in [-0.2, 0) is 6.42 Å². The second kappa shape index (κ2) is 7.91. The number of amides is 2. The quantitative estimate of drug-likeness (QED) is 0.844. The summed E-state index contributed by atoms with van der Waals surface area (Å²) in [6.45, 7) is 6.32. The summed E-state index contributed by atoms with van der Waals surface area (Å²) in [5, 5.41) is 2.82. The third-order valence-electron chi connectivity index (χ3n) is 4.00. The van der Waals surface area contributed by atoms with Crippen LogP contribution in [-0.4, -0.2) is 30.8 Å². The van der Waals surface area contributed by atoms with Gasteiger partial charge < -0.3 is 15.0 Å². The predicted molar refractivity (Wildman–Crippen MR) is 84.4 cm³/mol. The van der Waals surface area contributed by atoms with Gasteiger partial charge in [0, 0.05) is 13.1 Å². The Bertz CT molecular complexity index is 437. The Labute approximate surface area is 127 Å². The van der Waals surface area contributed by atoms with Crippen molar-refractivity contribution < 1.29 is 9.53 Å². The first-order chi connectivity index (χ1) is 10.2. The van der Waals surface area contributed by atoms with Gasteiger partial charge in [0.1, 0.15) is 5.75 Å². The smallest absolute Gasteiger partial charge is 0.320 e. The number of benzene rings is 1. The number of ether oxygens (including phenoxy) is 1. The molecule has 4 heteroatoms. The number of rotatable bonds is 5. The Balaban J connectivity index is 1.70. The highest BCUT2D eigenvalue weighted by Crippen LogP contribution is 2.16. The van der Waals surface area contributed by atoms with E-state index >= 15 is 0 Å². The summed E-state index contributed by atoms with van der Waals surface area (Å²) in [7, 11) is 0. The Kier molecular flexibility index (Phi) is 5.90. The number of aryl methyl sites for hydroxylation is 1. The summed E-state index contributed by atoms with van der Waals surface area (Å²) in [6, 6.07) is 8.04. The minimum atomic E-state index is -0.0236. The molecule has 0 saturated carbocycles. The fraction of sp³-hybridized carbons (Fsp3) is 0.588. The van der Waals surface area contributed by atoms with Crippen molar-refractivity contribution in [2.24, 2.45) is 5.92 Å². The number of carbonyl (C=O) groups excluding carboxylic acids is 1. The molecule has 1 aromatic rings. The number of nitrogens with one attached hydrogen (secondary N) is 1. The molecular weight excluding hydrogens is 264 g/mol. The molecule has 1 saturated heterocycles. The molecule has 116 valence electrons. The van der Waals surface area contributed by atoms with E-state index in [1.165, 1.54) is 5.56 Å². The molecule has 0 atom stereocenters. The van der Waals surface area contributed by atoms with Gasteiger partial charge >= 0.3 is 6.03 Å². The normalized spacial score (nSPS) is 15.8. The molecule has 0 spiro atoms. The van der Waals surface area contributed by atoms with Crippen molar-refractivity contribution in [1.29, 1.82) is 0 Å². The van der Waals surface area contributed by atoms with E-state index in [-0.39, 0.29) is 12.8 Å². The first-order valence-corrected chi connectivity index (χ1v) is 7.93. The lowest BCUT2D eigenvalue weighted by molar-refractivity contribution is 0.164. The third-order valence-corrected chi connectivity index (χ3v) is 4.00. The van der Waals surface area contributed by atoms with E-state index in [0.29, 0.717) is 0 Å². The predicted octanol–water partition coefficient (Wildman–Crippen LogP) is 3.42. The number of carbonyl (C=O) groups is 1. The minimum Gasteiger partial charge on any atom is -0.473 e. The molecular formula is C17H26N2O2. The van der Waals surface area contributed by atoms with E-state index in [2.05, 4.69) is 31.3 Å². The van der Waals surface area contributed by atoms with Gasteiger partial charge in [-0.25, -0.2) is 4.79 Å². The van der Waals surface area contributed by atoms with Crippen molar-refractivity contribution >= 4 is 6.03 Å². The number of urea groups is 1. The maximum Gasteiger partial charge on any atom is 0.320 e. The SMILES string of the molecule is CCCc1ccc(OCNC(=O)N2CCC(C)CC2)cc1.